The highest BCUT2D eigenvalue weighted by molar-refractivity contribution is 5.88. The monoisotopic (exact) mass is 526 g/mol. The number of halogens is 1. The van der Waals surface area contributed by atoms with E-state index in [1.165, 1.54) is 12.1 Å². The van der Waals surface area contributed by atoms with E-state index in [1.807, 2.05) is 20.8 Å². The van der Waals surface area contributed by atoms with Crippen molar-refractivity contribution in [2.24, 2.45) is 0 Å². The smallest absolute Gasteiger partial charge is 0.410 e. The summed E-state index contributed by atoms with van der Waals surface area (Å²) in [6.07, 6.45) is 2.12. The Bertz CT molecular complexity index is 1270. The fraction of sp³-hybridized carbons (Fsp3) is 0.429. The van der Waals surface area contributed by atoms with Crippen LogP contribution in [0.15, 0.2) is 42.6 Å². The van der Waals surface area contributed by atoms with Crippen molar-refractivity contribution in [2.75, 3.05) is 52.2 Å². The molecule has 1 aliphatic heterocycles. The first-order valence-electron chi connectivity index (χ1n) is 12.7. The number of nitrogens with zero attached hydrogens (tertiary/aromatic N) is 3. The van der Waals surface area contributed by atoms with E-state index >= 15 is 0 Å². The van der Waals surface area contributed by atoms with Crippen LogP contribution in [0, 0.1) is 5.82 Å². The SMILES string of the molecule is COc1cc2nccc(Oc3ccc(N)cc3F)c2cc1OCCCN1CCN(C(=O)OC(C)(C)C)CC1. The number of methoxy groups -OCH3 is 1. The summed E-state index contributed by atoms with van der Waals surface area (Å²) in [6, 6.07) is 9.53. The molecule has 0 radical (unpaired) electrons. The highest BCUT2D eigenvalue weighted by Crippen LogP contribution is 2.37. The largest absolute Gasteiger partial charge is 0.493 e. The highest BCUT2D eigenvalue weighted by Gasteiger charge is 2.25. The molecule has 0 saturated carbocycles. The first-order chi connectivity index (χ1) is 18.1. The molecule has 1 saturated heterocycles. The molecular formula is C28H35FN4O5. The summed E-state index contributed by atoms with van der Waals surface area (Å²) in [4.78, 5) is 20.7. The van der Waals surface area contributed by atoms with E-state index < -0.39 is 11.4 Å². The molecule has 1 amide bonds. The van der Waals surface area contributed by atoms with E-state index in [4.69, 9.17) is 24.7 Å². The van der Waals surface area contributed by atoms with Gasteiger partial charge in [0.25, 0.3) is 0 Å². The van der Waals surface area contributed by atoms with Crippen molar-refractivity contribution in [1.29, 1.82) is 0 Å². The van der Waals surface area contributed by atoms with Gasteiger partial charge < -0.3 is 29.6 Å². The lowest BCUT2D eigenvalue weighted by molar-refractivity contribution is 0.0142. The van der Waals surface area contributed by atoms with Gasteiger partial charge in [-0.15, -0.1) is 0 Å². The van der Waals surface area contributed by atoms with E-state index in [1.54, 1.807) is 42.5 Å². The molecule has 3 aromatic rings. The topological polar surface area (TPSA) is 99.4 Å². The van der Waals surface area contributed by atoms with Crippen LogP contribution in [0.3, 0.4) is 0 Å². The zero-order valence-electron chi connectivity index (χ0n) is 22.3. The molecule has 1 fully saturated rings. The van der Waals surface area contributed by atoms with E-state index in [0.29, 0.717) is 53.5 Å². The lowest BCUT2D eigenvalue weighted by Crippen LogP contribution is -2.50. The first-order valence-corrected chi connectivity index (χ1v) is 12.7. The molecule has 0 bridgehead atoms. The first kappa shape index (κ1) is 27.3. The number of carbonyl (C=O) groups is 1. The molecule has 9 nitrogen and oxygen atoms in total. The molecule has 10 heteroatoms. The third-order valence-electron chi connectivity index (χ3n) is 6.06. The fourth-order valence-electron chi connectivity index (χ4n) is 4.16. The van der Waals surface area contributed by atoms with Crippen molar-refractivity contribution in [1.82, 2.24) is 14.8 Å². The number of hydrogen-bond donors (Lipinski definition) is 1. The molecule has 4 rings (SSSR count). The maximum Gasteiger partial charge on any atom is 0.410 e. The van der Waals surface area contributed by atoms with Crippen LogP contribution in [-0.2, 0) is 4.74 Å². The van der Waals surface area contributed by atoms with Crippen molar-refractivity contribution in [2.45, 2.75) is 32.8 Å². The number of piperazine rings is 1. The van der Waals surface area contributed by atoms with Gasteiger partial charge in [0.2, 0.25) is 0 Å². The molecule has 2 heterocycles. The quantitative estimate of drug-likeness (QED) is 0.321. The molecule has 1 aromatic heterocycles. The number of aromatic nitrogens is 1. The Labute approximate surface area is 222 Å². The number of pyridine rings is 1. The Morgan fingerprint density at radius 3 is 2.47 bits per heavy atom. The number of amides is 1. The molecular weight excluding hydrogens is 491 g/mol. The van der Waals surface area contributed by atoms with E-state index in [-0.39, 0.29) is 11.8 Å². The minimum absolute atomic E-state index is 0.0664. The van der Waals surface area contributed by atoms with Gasteiger partial charge >= 0.3 is 6.09 Å². The van der Waals surface area contributed by atoms with Gasteiger partial charge in [0.1, 0.15) is 11.4 Å². The van der Waals surface area contributed by atoms with Gasteiger partial charge in [0.15, 0.2) is 23.1 Å². The van der Waals surface area contributed by atoms with Crippen LogP contribution in [0.5, 0.6) is 23.0 Å². The Morgan fingerprint density at radius 1 is 1.03 bits per heavy atom. The van der Waals surface area contributed by atoms with Crippen LogP contribution in [0.2, 0.25) is 0 Å². The van der Waals surface area contributed by atoms with Gasteiger partial charge in [-0.05, 0) is 51.5 Å². The van der Waals surface area contributed by atoms with Gasteiger partial charge in [-0.3, -0.25) is 9.88 Å². The number of carbonyl (C=O) groups excluding carboxylic acids is 1. The van der Waals surface area contributed by atoms with Crippen LogP contribution in [0.1, 0.15) is 27.2 Å². The van der Waals surface area contributed by atoms with Gasteiger partial charge in [0.05, 0.1) is 19.2 Å². The fourth-order valence-corrected chi connectivity index (χ4v) is 4.16. The lowest BCUT2D eigenvalue weighted by Gasteiger charge is -2.35. The second-order valence-electron chi connectivity index (χ2n) is 10.1. The van der Waals surface area contributed by atoms with Crippen molar-refractivity contribution >= 4 is 22.7 Å². The lowest BCUT2D eigenvalue weighted by atomic mass is 10.1. The number of fused-ring (bicyclic) bond motifs is 1. The number of hydrogen-bond acceptors (Lipinski definition) is 8. The number of nitrogen functional groups attached to an aromatic ring is 1. The van der Waals surface area contributed by atoms with Crippen LogP contribution in [-0.4, -0.2) is 72.9 Å². The highest BCUT2D eigenvalue weighted by atomic mass is 19.1. The van der Waals surface area contributed by atoms with E-state index in [0.717, 1.165) is 26.1 Å². The molecule has 1 aliphatic rings. The second kappa shape index (κ2) is 11.7. The summed E-state index contributed by atoms with van der Waals surface area (Å²) < 4.78 is 37.2. The summed E-state index contributed by atoms with van der Waals surface area (Å²) in [5, 5.41) is 0.665. The molecule has 2 N–H and O–H groups in total. The Balaban J connectivity index is 1.35. The number of benzene rings is 2. The summed E-state index contributed by atoms with van der Waals surface area (Å²) in [6.45, 7) is 9.76. The number of ether oxygens (including phenoxy) is 4. The zero-order chi connectivity index (χ0) is 27.3. The maximum atomic E-state index is 14.3. The Kier molecular flexibility index (Phi) is 8.41. The molecule has 2 aromatic carbocycles. The van der Waals surface area contributed by atoms with Gasteiger partial charge in [-0.25, -0.2) is 9.18 Å². The molecule has 0 unspecified atom stereocenters. The summed E-state index contributed by atoms with van der Waals surface area (Å²) >= 11 is 0. The van der Waals surface area contributed by atoms with Crippen molar-refractivity contribution < 1.29 is 28.1 Å². The van der Waals surface area contributed by atoms with Crippen LogP contribution in [0.25, 0.3) is 10.9 Å². The van der Waals surface area contributed by atoms with Gasteiger partial charge in [-0.2, -0.15) is 0 Å². The normalized spacial score (nSPS) is 14.4. The predicted octanol–water partition coefficient (Wildman–Crippen LogP) is 5.08. The van der Waals surface area contributed by atoms with Gasteiger partial charge in [-0.1, -0.05) is 0 Å². The molecule has 0 spiro atoms. The van der Waals surface area contributed by atoms with E-state index in [9.17, 15) is 9.18 Å². The number of nitrogens with two attached hydrogens (primary N) is 1. The van der Waals surface area contributed by atoms with Crippen LogP contribution in [0.4, 0.5) is 14.9 Å². The Morgan fingerprint density at radius 2 is 1.79 bits per heavy atom. The van der Waals surface area contributed by atoms with Crippen molar-refractivity contribution in [3.8, 4) is 23.0 Å². The molecule has 38 heavy (non-hydrogen) atoms. The number of anilines is 1. The maximum absolute atomic E-state index is 14.3. The average molecular weight is 527 g/mol. The predicted molar refractivity (Wildman–Crippen MR) is 144 cm³/mol. The van der Waals surface area contributed by atoms with Crippen molar-refractivity contribution in [3.05, 3.63) is 48.4 Å². The third-order valence-corrected chi connectivity index (χ3v) is 6.06. The van der Waals surface area contributed by atoms with E-state index in [2.05, 4.69) is 9.88 Å². The standard InChI is InChI=1S/C28H35FN4O5/c1-28(2,3)38-27(34)33-13-11-32(12-14-33)10-5-15-36-26-17-20-22(18-25(26)35-4)31-9-8-23(20)37-24-7-6-19(30)16-21(24)29/h6-9,16-18H,5,10-15,30H2,1-4H3. The molecule has 0 atom stereocenters. The third kappa shape index (κ3) is 6.95. The second-order valence-corrected chi connectivity index (χ2v) is 10.1. The minimum atomic E-state index is -0.549. The summed E-state index contributed by atoms with van der Waals surface area (Å²) in [5.41, 5.74) is 6.10. The summed E-state index contributed by atoms with van der Waals surface area (Å²) in [7, 11) is 1.57. The minimum Gasteiger partial charge on any atom is -0.493 e. The molecule has 0 aliphatic carbocycles. The molecule has 204 valence electrons. The van der Waals surface area contributed by atoms with Crippen molar-refractivity contribution in [3.63, 3.8) is 0 Å². The van der Waals surface area contributed by atoms with Crippen LogP contribution < -0.4 is 19.9 Å². The zero-order valence-corrected chi connectivity index (χ0v) is 22.3. The number of rotatable bonds is 8. The Hall–Kier alpha value is -3.79. The average Bonchev–Trinajstić information content (AvgIpc) is 2.87. The van der Waals surface area contributed by atoms with Gasteiger partial charge in [0, 0.05) is 62.1 Å². The van der Waals surface area contributed by atoms with Crippen LogP contribution >= 0.6 is 0 Å². The summed E-state index contributed by atoms with van der Waals surface area (Å²) in [5.74, 6) is 1.05.